The van der Waals surface area contributed by atoms with E-state index in [1.54, 1.807) is 49.6 Å². The second kappa shape index (κ2) is 10.5. The van der Waals surface area contributed by atoms with Crippen molar-refractivity contribution < 1.29 is 28.6 Å². The van der Waals surface area contributed by atoms with Gasteiger partial charge in [-0.25, -0.2) is 4.79 Å². The molecule has 2 rings (SSSR count). The van der Waals surface area contributed by atoms with Crippen LogP contribution in [0.25, 0.3) is 0 Å². The highest BCUT2D eigenvalue weighted by Crippen LogP contribution is 2.25. The monoisotopic (exact) mass is 402 g/mol. The SMILES string of the molecule is COC(=O)c1ccc(COC(=O)CSCc2cc(C(C)=O)ccc2OC)cc1. The van der Waals surface area contributed by atoms with Gasteiger partial charge in [-0.2, -0.15) is 0 Å². The van der Waals surface area contributed by atoms with E-state index in [1.165, 1.54) is 25.8 Å². The summed E-state index contributed by atoms with van der Waals surface area (Å²) >= 11 is 1.38. The Kier molecular flexibility index (Phi) is 8.07. The van der Waals surface area contributed by atoms with E-state index in [2.05, 4.69) is 4.74 Å². The van der Waals surface area contributed by atoms with E-state index in [1.807, 2.05) is 0 Å². The Labute approximate surface area is 168 Å². The first-order valence-corrected chi connectivity index (χ1v) is 9.68. The number of hydrogen-bond acceptors (Lipinski definition) is 7. The predicted octanol–water partition coefficient (Wildman–Crippen LogP) is 3.66. The summed E-state index contributed by atoms with van der Waals surface area (Å²) in [6, 6.07) is 11.9. The van der Waals surface area contributed by atoms with Crippen molar-refractivity contribution >= 4 is 29.5 Å². The maximum absolute atomic E-state index is 12.0. The molecule has 0 amide bonds. The van der Waals surface area contributed by atoms with E-state index >= 15 is 0 Å². The molecule has 0 heterocycles. The summed E-state index contributed by atoms with van der Waals surface area (Å²) in [6.45, 7) is 1.64. The van der Waals surface area contributed by atoms with E-state index in [-0.39, 0.29) is 24.1 Å². The molecule has 0 bridgehead atoms. The van der Waals surface area contributed by atoms with Gasteiger partial charge in [0.25, 0.3) is 0 Å². The van der Waals surface area contributed by atoms with Gasteiger partial charge >= 0.3 is 11.9 Å². The molecule has 148 valence electrons. The van der Waals surface area contributed by atoms with Crippen LogP contribution in [0.4, 0.5) is 0 Å². The molecule has 6 nitrogen and oxygen atoms in total. The lowest BCUT2D eigenvalue weighted by Gasteiger charge is -2.10. The van der Waals surface area contributed by atoms with Crippen molar-refractivity contribution in [1.29, 1.82) is 0 Å². The molecule has 0 saturated carbocycles. The Morgan fingerprint density at radius 2 is 1.64 bits per heavy atom. The fraction of sp³-hybridized carbons (Fsp3) is 0.286. The van der Waals surface area contributed by atoms with Gasteiger partial charge in [-0.05, 0) is 42.8 Å². The van der Waals surface area contributed by atoms with Gasteiger partial charge < -0.3 is 14.2 Å². The maximum atomic E-state index is 12.0. The van der Waals surface area contributed by atoms with Gasteiger partial charge in [0, 0.05) is 16.9 Å². The first kappa shape index (κ1) is 21.5. The van der Waals surface area contributed by atoms with Crippen molar-refractivity contribution in [2.45, 2.75) is 19.3 Å². The number of methoxy groups -OCH3 is 2. The van der Waals surface area contributed by atoms with E-state index in [9.17, 15) is 14.4 Å². The molecule has 0 atom stereocenters. The van der Waals surface area contributed by atoms with Crippen LogP contribution in [0.5, 0.6) is 5.75 Å². The zero-order chi connectivity index (χ0) is 20.5. The molecule has 0 aliphatic heterocycles. The molecule has 0 fully saturated rings. The standard InChI is InChI=1S/C21H22O6S/c1-14(22)17-8-9-19(25-2)18(10-17)12-28-13-20(23)27-11-15-4-6-16(7-5-15)21(24)26-3/h4-10H,11-13H2,1-3H3. The van der Waals surface area contributed by atoms with Gasteiger partial charge in [-0.1, -0.05) is 12.1 Å². The quantitative estimate of drug-likeness (QED) is 0.468. The van der Waals surface area contributed by atoms with Crippen LogP contribution in [0.3, 0.4) is 0 Å². The number of ketones is 1. The first-order valence-electron chi connectivity index (χ1n) is 8.53. The third-order valence-electron chi connectivity index (χ3n) is 3.94. The fourth-order valence-corrected chi connectivity index (χ4v) is 3.21. The average molecular weight is 402 g/mol. The van der Waals surface area contributed by atoms with Crippen molar-refractivity contribution in [3.63, 3.8) is 0 Å². The summed E-state index contributed by atoms with van der Waals surface area (Å²) in [6.07, 6.45) is 0. The third-order valence-corrected chi connectivity index (χ3v) is 4.89. The van der Waals surface area contributed by atoms with Gasteiger partial charge in [0.15, 0.2) is 5.78 Å². The zero-order valence-electron chi connectivity index (χ0n) is 16.0. The summed E-state index contributed by atoms with van der Waals surface area (Å²) in [5.41, 5.74) is 2.68. The minimum Gasteiger partial charge on any atom is -0.496 e. The number of esters is 2. The number of carbonyl (C=O) groups excluding carboxylic acids is 3. The number of carbonyl (C=O) groups is 3. The molecule has 0 aliphatic carbocycles. The minimum atomic E-state index is -0.413. The van der Waals surface area contributed by atoms with Gasteiger partial charge in [0.05, 0.1) is 25.5 Å². The summed E-state index contributed by atoms with van der Waals surface area (Å²) < 4.78 is 15.2. The molecule has 0 radical (unpaired) electrons. The minimum absolute atomic E-state index is 0.0217. The normalized spacial score (nSPS) is 10.2. The largest absolute Gasteiger partial charge is 0.496 e. The number of rotatable bonds is 9. The molecular weight excluding hydrogens is 380 g/mol. The van der Waals surface area contributed by atoms with Crippen molar-refractivity contribution in [1.82, 2.24) is 0 Å². The van der Waals surface area contributed by atoms with Crippen LogP contribution in [-0.4, -0.2) is 37.7 Å². The molecule has 2 aromatic carbocycles. The lowest BCUT2D eigenvalue weighted by atomic mass is 10.1. The molecule has 7 heteroatoms. The Morgan fingerprint density at radius 1 is 0.964 bits per heavy atom. The first-order chi connectivity index (χ1) is 13.4. The Hall–Kier alpha value is -2.80. The van der Waals surface area contributed by atoms with Crippen LogP contribution in [0.15, 0.2) is 42.5 Å². The number of hydrogen-bond donors (Lipinski definition) is 0. The van der Waals surface area contributed by atoms with Gasteiger partial charge in [0.2, 0.25) is 0 Å². The molecule has 0 aromatic heterocycles. The Balaban J connectivity index is 1.82. The van der Waals surface area contributed by atoms with E-state index < -0.39 is 5.97 Å². The van der Waals surface area contributed by atoms with Crippen LogP contribution in [0, 0.1) is 0 Å². The zero-order valence-corrected chi connectivity index (χ0v) is 16.8. The average Bonchev–Trinajstić information content (AvgIpc) is 2.71. The van der Waals surface area contributed by atoms with Crippen LogP contribution in [0.1, 0.15) is 38.8 Å². The lowest BCUT2D eigenvalue weighted by molar-refractivity contribution is -0.141. The highest BCUT2D eigenvalue weighted by Gasteiger charge is 2.10. The van der Waals surface area contributed by atoms with Crippen molar-refractivity contribution in [3.05, 3.63) is 64.7 Å². The van der Waals surface area contributed by atoms with Crippen molar-refractivity contribution in [2.75, 3.05) is 20.0 Å². The summed E-state index contributed by atoms with van der Waals surface area (Å²) in [5, 5.41) is 0. The van der Waals surface area contributed by atoms with Gasteiger partial charge in [0.1, 0.15) is 12.4 Å². The molecule has 0 unspecified atom stereocenters. The predicted molar refractivity (Wildman–Crippen MR) is 107 cm³/mol. The smallest absolute Gasteiger partial charge is 0.337 e. The topological polar surface area (TPSA) is 78.9 Å². The molecule has 2 aromatic rings. The van der Waals surface area contributed by atoms with Crippen molar-refractivity contribution in [2.24, 2.45) is 0 Å². The number of benzene rings is 2. The van der Waals surface area contributed by atoms with Crippen LogP contribution < -0.4 is 4.74 Å². The molecular formula is C21H22O6S. The second-order valence-electron chi connectivity index (χ2n) is 5.92. The Morgan fingerprint density at radius 3 is 2.25 bits per heavy atom. The van der Waals surface area contributed by atoms with Gasteiger partial charge in [-0.15, -0.1) is 11.8 Å². The highest BCUT2D eigenvalue weighted by molar-refractivity contribution is 7.99. The van der Waals surface area contributed by atoms with Crippen LogP contribution in [-0.2, 0) is 26.6 Å². The molecule has 0 N–H and O–H groups in total. The maximum Gasteiger partial charge on any atom is 0.337 e. The van der Waals surface area contributed by atoms with E-state index in [0.29, 0.717) is 22.6 Å². The number of thioether (sulfide) groups is 1. The van der Waals surface area contributed by atoms with E-state index in [0.717, 1.165) is 11.1 Å². The second-order valence-corrected chi connectivity index (χ2v) is 6.91. The molecule has 28 heavy (non-hydrogen) atoms. The number of Topliss-reactive ketones (excluding diaryl/α,β-unsaturated/α-hetero) is 1. The third kappa shape index (κ3) is 6.13. The molecule has 0 spiro atoms. The summed E-state index contributed by atoms with van der Waals surface area (Å²) in [7, 11) is 2.89. The van der Waals surface area contributed by atoms with Crippen LogP contribution >= 0.6 is 11.8 Å². The highest BCUT2D eigenvalue weighted by atomic mass is 32.2. The summed E-state index contributed by atoms with van der Waals surface area (Å²) in [5.74, 6) is 0.594. The molecule has 0 aliphatic rings. The Bertz CT molecular complexity index is 844. The van der Waals surface area contributed by atoms with E-state index in [4.69, 9.17) is 9.47 Å². The summed E-state index contributed by atoms with van der Waals surface area (Å²) in [4.78, 5) is 34.9. The lowest BCUT2D eigenvalue weighted by Crippen LogP contribution is -2.08. The van der Waals surface area contributed by atoms with Crippen LogP contribution in [0.2, 0.25) is 0 Å². The fourth-order valence-electron chi connectivity index (χ4n) is 2.42. The van der Waals surface area contributed by atoms with Gasteiger partial charge in [-0.3, -0.25) is 9.59 Å². The van der Waals surface area contributed by atoms with Crippen molar-refractivity contribution in [3.8, 4) is 5.75 Å². The molecule has 0 saturated heterocycles. The number of ether oxygens (including phenoxy) is 3.